The minimum Gasteiger partial charge on any atom is -0.493 e. The molecule has 0 aromatic rings. The summed E-state index contributed by atoms with van der Waals surface area (Å²) in [5, 5.41) is 0. The summed E-state index contributed by atoms with van der Waals surface area (Å²) in [7, 11) is 2.93. The standard InChI is InChI=1S/C15H18O5/c1-8(6-12(16)17-4)11-7-9(2)19-15-13(11)14(18-5)10(3)20-15/h6-7,15H,1-5H3. The molecule has 0 fully saturated rings. The summed E-state index contributed by atoms with van der Waals surface area (Å²) in [6.45, 7) is 5.50. The zero-order chi connectivity index (χ0) is 14.9. The molecule has 0 radical (unpaired) electrons. The first kappa shape index (κ1) is 14.2. The molecule has 0 N–H and O–H groups in total. The Morgan fingerprint density at radius 1 is 1.30 bits per heavy atom. The van der Waals surface area contributed by atoms with Crippen molar-refractivity contribution >= 4 is 5.97 Å². The van der Waals surface area contributed by atoms with Gasteiger partial charge in [-0.3, -0.25) is 0 Å². The lowest BCUT2D eigenvalue weighted by molar-refractivity contribution is -0.134. The van der Waals surface area contributed by atoms with Gasteiger partial charge >= 0.3 is 5.97 Å². The van der Waals surface area contributed by atoms with Crippen molar-refractivity contribution in [1.29, 1.82) is 0 Å². The van der Waals surface area contributed by atoms with E-state index in [1.807, 2.05) is 26.8 Å². The molecule has 2 aliphatic rings. The van der Waals surface area contributed by atoms with Gasteiger partial charge in [-0.1, -0.05) is 0 Å². The van der Waals surface area contributed by atoms with Crippen LogP contribution < -0.4 is 0 Å². The maximum atomic E-state index is 11.4. The van der Waals surface area contributed by atoms with Gasteiger partial charge in [-0.2, -0.15) is 0 Å². The first-order valence-corrected chi connectivity index (χ1v) is 6.25. The van der Waals surface area contributed by atoms with E-state index in [1.54, 1.807) is 7.11 Å². The lowest BCUT2D eigenvalue weighted by Gasteiger charge is -2.23. The number of rotatable bonds is 3. The number of carbonyl (C=O) groups is 1. The number of allylic oxidation sites excluding steroid dienone is 5. The van der Waals surface area contributed by atoms with Crippen LogP contribution in [0.2, 0.25) is 0 Å². The van der Waals surface area contributed by atoms with Crippen molar-refractivity contribution in [2.24, 2.45) is 0 Å². The van der Waals surface area contributed by atoms with Crippen LogP contribution in [0.3, 0.4) is 0 Å². The molecule has 0 bridgehead atoms. The second kappa shape index (κ2) is 5.45. The van der Waals surface area contributed by atoms with Gasteiger partial charge in [0, 0.05) is 6.08 Å². The quantitative estimate of drug-likeness (QED) is 0.586. The van der Waals surface area contributed by atoms with Gasteiger partial charge in [0.2, 0.25) is 0 Å². The Hall–Kier alpha value is -2.17. The summed E-state index contributed by atoms with van der Waals surface area (Å²) in [6.07, 6.45) is 2.78. The van der Waals surface area contributed by atoms with Gasteiger partial charge in [0.15, 0.2) is 5.76 Å². The maximum Gasteiger partial charge on any atom is 0.330 e. The van der Waals surface area contributed by atoms with E-state index in [-0.39, 0.29) is 0 Å². The number of methoxy groups -OCH3 is 2. The Morgan fingerprint density at radius 2 is 2.00 bits per heavy atom. The topological polar surface area (TPSA) is 54.0 Å². The van der Waals surface area contributed by atoms with Crippen LogP contribution in [0.4, 0.5) is 0 Å². The second-order valence-electron chi connectivity index (χ2n) is 4.59. The molecule has 0 aromatic heterocycles. The molecule has 1 unspecified atom stereocenters. The number of fused-ring (bicyclic) bond motifs is 1. The molecule has 5 heteroatoms. The van der Waals surface area contributed by atoms with Crippen LogP contribution in [0.15, 0.2) is 46.1 Å². The fraction of sp³-hybridized carbons (Fsp3) is 0.400. The SMILES string of the molecule is COC(=O)C=C(C)C1=C2C(OC)=C(C)OC2OC(C)=C1. The van der Waals surface area contributed by atoms with Crippen molar-refractivity contribution in [3.63, 3.8) is 0 Å². The summed E-state index contributed by atoms with van der Waals surface area (Å²) < 4.78 is 21.3. The molecule has 20 heavy (non-hydrogen) atoms. The van der Waals surface area contributed by atoms with Gasteiger partial charge in [-0.15, -0.1) is 0 Å². The normalized spacial score (nSPS) is 21.9. The van der Waals surface area contributed by atoms with E-state index >= 15 is 0 Å². The van der Waals surface area contributed by atoms with Crippen molar-refractivity contribution in [2.45, 2.75) is 27.1 Å². The highest BCUT2D eigenvalue weighted by Crippen LogP contribution is 2.40. The first-order chi connectivity index (χ1) is 9.47. The summed E-state index contributed by atoms with van der Waals surface area (Å²) in [6, 6.07) is 0. The molecule has 2 rings (SSSR count). The smallest absolute Gasteiger partial charge is 0.330 e. The van der Waals surface area contributed by atoms with Gasteiger partial charge in [-0.05, 0) is 38.0 Å². The number of ether oxygens (including phenoxy) is 4. The monoisotopic (exact) mass is 278 g/mol. The summed E-state index contributed by atoms with van der Waals surface area (Å²) >= 11 is 0. The highest BCUT2D eigenvalue weighted by Gasteiger charge is 2.37. The molecule has 0 spiro atoms. The van der Waals surface area contributed by atoms with Crippen molar-refractivity contribution in [3.05, 3.63) is 46.1 Å². The molecule has 0 amide bonds. The van der Waals surface area contributed by atoms with Crippen molar-refractivity contribution < 1.29 is 23.7 Å². The van der Waals surface area contributed by atoms with E-state index in [0.717, 1.165) is 22.5 Å². The number of carbonyl (C=O) groups excluding carboxylic acids is 1. The molecule has 2 heterocycles. The fourth-order valence-corrected chi connectivity index (χ4v) is 2.28. The Balaban J connectivity index is 2.54. The summed E-state index contributed by atoms with van der Waals surface area (Å²) in [4.78, 5) is 11.4. The molecular weight excluding hydrogens is 260 g/mol. The van der Waals surface area contributed by atoms with Gasteiger partial charge < -0.3 is 18.9 Å². The van der Waals surface area contributed by atoms with E-state index in [0.29, 0.717) is 11.5 Å². The largest absolute Gasteiger partial charge is 0.493 e. The Bertz CT molecular complexity index is 563. The molecule has 108 valence electrons. The van der Waals surface area contributed by atoms with Crippen molar-refractivity contribution in [2.75, 3.05) is 14.2 Å². The van der Waals surface area contributed by atoms with E-state index in [9.17, 15) is 4.79 Å². The van der Waals surface area contributed by atoms with E-state index < -0.39 is 12.3 Å². The predicted octanol–water partition coefficient (Wildman–Crippen LogP) is 2.57. The van der Waals surface area contributed by atoms with E-state index in [2.05, 4.69) is 4.74 Å². The van der Waals surface area contributed by atoms with Crippen LogP contribution in [0.1, 0.15) is 20.8 Å². The lowest BCUT2D eigenvalue weighted by atomic mass is 9.96. The zero-order valence-corrected chi connectivity index (χ0v) is 12.3. The van der Waals surface area contributed by atoms with Crippen LogP contribution in [0, 0.1) is 0 Å². The van der Waals surface area contributed by atoms with Crippen LogP contribution in [-0.2, 0) is 23.7 Å². The molecule has 5 nitrogen and oxygen atoms in total. The highest BCUT2D eigenvalue weighted by molar-refractivity contribution is 5.84. The number of esters is 1. The van der Waals surface area contributed by atoms with Crippen LogP contribution in [0.5, 0.6) is 0 Å². The fourth-order valence-electron chi connectivity index (χ4n) is 2.28. The first-order valence-electron chi connectivity index (χ1n) is 6.25. The third-order valence-electron chi connectivity index (χ3n) is 3.18. The molecule has 0 aromatic carbocycles. The predicted molar refractivity (Wildman–Crippen MR) is 72.2 cm³/mol. The number of hydrogen-bond donors (Lipinski definition) is 0. The van der Waals surface area contributed by atoms with Crippen molar-refractivity contribution in [1.82, 2.24) is 0 Å². The zero-order valence-electron chi connectivity index (χ0n) is 12.3. The van der Waals surface area contributed by atoms with Gasteiger partial charge in [-0.25, -0.2) is 4.79 Å². The second-order valence-corrected chi connectivity index (χ2v) is 4.59. The molecule has 2 aliphatic heterocycles. The minimum atomic E-state index is -0.522. The Kier molecular flexibility index (Phi) is 3.88. The van der Waals surface area contributed by atoms with Crippen LogP contribution >= 0.6 is 0 Å². The van der Waals surface area contributed by atoms with Crippen LogP contribution in [0.25, 0.3) is 0 Å². The Morgan fingerprint density at radius 3 is 2.60 bits per heavy atom. The average molecular weight is 278 g/mol. The molecule has 0 aliphatic carbocycles. The van der Waals surface area contributed by atoms with E-state index in [4.69, 9.17) is 14.2 Å². The van der Waals surface area contributed by atoms with Crippen LogP contribution in [-0.4, -0.2) is 26.5 Å². The molecule has 0 saturated heterocycles. The minimum absolute atomic E-state index is 0.400. The van der Waals surface area contributed by atoms with Gasteiger partial charge in [0.05, 0.1) is 25.6 Å². The molecular formula is C15H18O5. The maximum absolute atomic E-state index is 11.4. The highest BCUT2D eigenvalue weighted by atomic mass is 16.7. The molecule has 0 saturated carbocycles. The Labute approximate surface area is 118 Å². The van der Waals surface area contributed by atoms with Crippen molar-refractivity contribution in [3.8, 4) is 0 Å². The van der Waals surface area contributed by atoms with Gasteiger partial charge in [0.25, 0.3) is 6.29 Å². The third kappa shape index (κ3) is 2.43. The summed E-state index contributed by atoms with van der Waals surface area (Å²) in [5.74, 6) is 1.63. The summed E-state index contributed by atoms with van der Waals surface area (Å²) in [5.41, 5.74) is 2.43. The average Bonchev–Trinajstić information content (AvgIpc) is 2.72. The van der Waals surface area contributed by atoms with E-state index in [1.165, 1.54) is 13.2 Å². The lowest BCUT2D eigenvalue weighted by Crippen LogP contribution is -2.19. The molecule has 1 atom stereocenters. The van der Waals surface area contributed by atoms with Gasteiger partial charge in [0.1, 0.15) is 5.76 Å². The number of hydrogen-bond acceptors (Lipinski definition) is 5. The third-order valence-corrected chi connectivity index (χ3v) is 3.18.